The third-order valence-electron chi connectivity index (χ3n) is 13.2. The maximum Gasteiger partial charge on any atom is 0.323 e. The summed E-state index contributed by atoms with van der Waals surface area (Å²) >= 11 is 0. The zero-order valence-corrected chi connectivity index (χ0v) is 46.2. The summed E-state index contributed by atoms with van der Waals surface area (Å²) in [6, 6.07) is -0.714. The van der Waals surface area contributed by atoms with Crippen LogP contribution >= 0.6 is 0 Å². The van der Waals surface area contributed by atoms with Crippen LogP contribution in [0, 0.1) is 11.8 Å². The van der Waals surface area contributed by atoms with E-state index >= 15 is 0 Å². The van der Waals surface area contributed by atoms with Gasteiger partial charge >= 0.3 is 23.9 Å². The Kier molecular flexibility index (Phi) is 51.2. The largest absolute Gasteiger partial charge is 0.466 e. The molecule has 3 atom stereocenters. The normalized spacial score (nSPS) is 12.8. The second-order valence-electron chi connectivity index (χ2n) is 19.4. The van der Waals surface area contributed by atoms with Crippen LogP contribution in [0.25, 0.3) is 0 Å². The standard InChI is InChI=1S/C57H109NO12/c1-7-11-15-19-21-29-37-51(35-27-17-13-9-3)55(60)67-44-32-24-23-31-43-66-54(59)40-39-53(58(42-48-70-64-6)41-47-65-50-49-63-5)57(62)69-46-34-26-25-33-45-68-56(61)52(36-28-18-14-10-4)38-30-22-20-16-12-8-2/h51-53H,7-50H2,1-6H3. The molecule has 0 N–H and O–H groups in total. The summed E-state index contributed by atoms with van der Waals surface area (Å²) in [5.74, 6) is -0.842. The van der Waals surface area contributed by atoms with Gasteiger partial charge in [-0.25, -0.2) is 9.78 Å². The van der Waals surface area contributed by atoms with Gasteiger partial charge in [-0.2, -0.15) is 0 Å². The van der Waals surface area contributed by atoms with Crippen LogP contribution in [0.15, 0.2) is 0 Å². The first kappa shape index (κ1) is 67.7. The Hall–Kier alpha value is -2.32. The molecule has 0 aromatic heterocycles. The maximum atomic E-state index is 13.7. The van der Waals surface area contributed by atoms with Gasteiger partial charge in [-0.05, 0) is 83.5 Å². The Morgan fingerprint density at radius 2 is 0.743 bits per heavy atom. The average molecular weight is 1000 g/mol. The molecule has 0 aliphatic heterocycles. The lowest BCUT2D eigenvalue weighted by atomic mass is 9.94. The lowest BCUT2D eigenvalue weighted by Crippen LogP contribution is -2.46. The molecular weight excluding hydrogens is 891 g/mol. The number of nitrogens with zero attached hydrogens (tertiary/aromatic N) is 1. The van der Waals surface area contributed by atoms with Gasteiger partial charge in [-0.15, -0.1) is 0 Å². The van der Waals surface area contributed by atoms with Crippen molar-refractivity contribution < 1.29 is 57.4 Å². The third kappa shape index (κ3) is 42.2. The number of hydrogen-bond donors (Lipinski definition) is 0. The van der Waals surface area contributed by atoms with E-state index in [-0.39, 0.29) is 55.8 Å². The number of hydrogen-bond acceptors (Lipinski definition) is 13. The van der Waals surface area contributed by atoms with Crippen LogP contribution in [0.5, 0.6) is 0 Å². The van der Waals surface area contributed by atoms with Gasteiger partial charge in [0.1, 0.15) is 6.04 Å². The highest BCUT2D eigenvalue weighted by Crippen LogP contribution is 2.23. The minimum atomic E-state index is -0.714. The third-order valence-corrected chi connectivity index (χ3v) is 13.2. The summed E-state index contributed by atoms with van der Waals surface area (Å²) < 4.78 is 33.8. The predicted molar refractivity (Wildman–Crippen MR) is 282 cm³/mol. The zero-order valence-electron chi connectivity index (χ0n) is 46.2. The van der Waals surface area contributed by atoms with E-state index in [4.69, 9.17) is 38.2 Å². The molecule has 0 saturated carbocycles. The van der Waals surface area contributed by atoms with Crippen molar-refractivity contribution >= 4 is 23.9 Å². The molecule has 3 unspecified atom stereocenters. The molecule has 0 bridgehead atoms. The highest BCUT2D eigenvalue weighted by Gasteiger charge is 2.29. The molecule has 0 spiro atoms. The van der Waals surface area contributed by atoms with Gasteiger partial charge in [-0.3, -0.25) is 24.1 Å². The number of rotatable bonds is 55. The molecule has 13 heteroatoms. The maximum absolute atomic E-state index is 13.7. The monoisotopic (exact) mass is 1000 g/mol. The van der Waals surface area contributed by atoms with Crippen LogP contribution in [0.4, 0.5) is 0 Å². The summed E-state index contributed by atoms with van der Waals surface area (Å²) in [7, 11) is 3.05. The number of methoxy groups -OCH3 is 1. The molecule has 0 saturated heterocycles. The van der Waals surface area contributed by atoms with E-state index in [0.29, 0.717) is 65.6 Å². The van der Waals surface area contributed by atoms with E-state index in [1.807, 2.05) is 4.90 Å². The predicted octanol–water partition coefficient (Wildman–Crippen LogP) is 13.6. The summed E-state index contributed by atoms with van der Waals surface area (Å²) in [5, 5.41) is 0. The molecule has 0 aliphatic carbocycles. The van der Waals surface area contributed by atoms with Crippen LogP contribution in [0.3, 0.4) is 0 Å². The quantitative estimate of drug-likeness (QED) is 0.0187. The van der Waals surface area contributed by atoms with Crippen molar-refractivity contribution in [2.45, 2.75) is 252 Å². The minimum absolute atomic E-state index is 0.00206. The Labute approximate surface area is 428 Å². The van der Waals surface area contributed by atoms with Gasteiger partial charge in [0.15, 0.2) is 0 Å². The molecule has 0 aliphatic rings. The zero-order chi connectivity index (χ0) is 51.4. The molecule has 70 heavy (non-hydrogen) atoms. The van der Waals surface area contributed by atoms with E-state index in [0.717, 1.165) is 89.9 Å². The van der Waals surface area contributed by atoms with Crippen molar-refractivity contribution in [1.82, 2.24) is 4.90 Å². The van der Waals surface area contributed by atoms with Crippen LogP contribution in [0.1, 0.15) is 246 Å². The van der Waals surface area contributed by atoms with Crippen LogP contribution in [0.2, 0.25) is 0 Å². The van der Waals surface area contributed by atoms with Crippen LogP contribution < -0.4 is 0 Å². The smallest absolute Gasteiger partial charge is 0.323 e. The molecule has 0 aromatic carbocycles. The van der Waals surface area contributed by atoms with E-state index in [1.165, 1.54) is 110 Å². The van der Waals surface area contributed by atoms with Gasteiger partial charge < -0.3 is 28.4 Å². The first-order valence-corrected chi connectivity index (χ1v) is 28.9. The fourth-order valence-corrected chi connectivity index (χ4v) is 8.75. The summed E-state index contributed by atoms with van der Waals surface area (Å²) in [4.78, 5) is 64.6. The minimum Gasteiger partial charge on any atom is -0.466 e. The van der Waals surface area contributed by atoms with Gasteiger partial charge in [0.05, 0.1) is 71.8 Å². The Morgan fingerprint density at radius 1 is 0.371 bits per heavy atom. The molecule has 0 aromatic rings. The molecule has 0 rings (SSSR count). The number of unbranched alkanes of at least 4 members (excludes halogenated alkanes) is 22. The fraction of sp³-hybridized carbons (Fsp3) is 0.930. The SMILES string of the molecule is CCCCCCCCC(CCCCCC)C(=O)OCCCCCCOC(=O)CCC(C(=O)OCCCCCCOC(=O)C(CCCCCC)CCCCCCCC)N(CCOCCOC)CCOOC. The van der Waals surface area contributed by atoms with Crippen molar-refractivity contribution in [3.05, 3.63) is 0 Å². The molecule has 0 fully saturated rings. The number of carbonyl (C=O) groups excluding carboxylic acids is 4. The topological polar surface area (TPSA) is 145 Å². The molecule has 0 amide bonds. The number of ether oxygens (including phenoxy) is 6. The molecule has 0 heterocycles. The average Bonchev–Trinajstić information content (AvgIpc) is 3.36. The second-order valence-corrected chi connectivity index (χ2v) is 19.4. The van der Waals surface area contributed by atoms with Gasteiger partial charge in [0, 0.05) is 26.6 Å². The van der Waals surface area contributed by atoms with Crippen LogP contribution in [-0.4, -0.2) is 115 Å². The van der Waals surface area contributed by atoms with Gasteiger partial charge in [0.2, 0.25) is 0 Å². The molecule has 0 radical (unpaired) electrons. The van der Waals surface area contributed by atoms with Crippen LogP contribution in [-0.2, 0) is 57.4 Å². The second kappa shape index (κ2) is 53.0. The molecular formula is C57H109NO12. The lowest BCUT2D eigenvalue weighted by Gasteiger charge is -2.29. The lowest BCUT2D eigenvalue weighted by molar-refractivity contribution is -0.274. The highest BCUT2D eigenvalue weighted by molar-refractivity contribution is 5.77. The Bertz CT molecular complexity index is 1170. The van der Waals surface area contributed by atoms with Crippen molar-refractivity contribution in [1.29, 1.82) is 0 Å². The van der Waals surface area contributed by atoms with Gasteiger partial charge in [0.25, 0.3) is 0 Å². The first-order valence-electron chi connectivity index (χ1n) is 28.9. The fourth-order valence-electron chi connectivity index (χ4n) is 8.75. The van der Waals surface area contributed by atoms with Crippen molar-refractivity contribution in [2.24, 2.45) is 11.8 Å². The van der Waals surface area contributed by atoms with E-state index in [2.05, 4.69) is 27.7 Å². The summed E-state index contributed by atoms with van der Waals surface area (Å²) in [5.41, 5.74) is 0. The number of esters is 4. The van der Waals surface area contributed by atoms with Crippen molar-refractivity contribution in [2.75, 3.05) is 80.2 Å². The summed E-state index contributed by atoms with van der Waals surface area (Å²) in [6.07, 6.45) is 34.3. The van der Waals surface area contributed by atoms with E-state index < -0.39 is 12.0 Å². The first-order chi connectivity index (χ1) is 34.3. The van der Waals surface area contributed by atoms with Crippen molar-refractivity contribution in [3.8, 4) is 0 Å². The molecule has 414 valence electrons. The highest BCUT2D eigenvalue weighted by atomic mass is 17.2. The Balaban J connectivity index is 4.97. The Morgan fingerprint density at radius 3 is 1.17 bits per heavy atom. The number of carbonyl (C=O) groups is 4. The van der Waals surface area contributed by atoms with E-state index in [9.17, 15) is 19.2 Å². The van der Waals surface area contributed by atoms with Gasteiger partial charge in [-0.1, -0.05) is 156 Å². The summed E-state index contributed by atoms with van der Waals surface area (Å²) in [6.45, 7) is 12.5. The van der Waals surface area contributed by atoms with Crippen molar-refractivity contribution in [3.63, 3.8) is 0 Å². The molecule has 13 nitrogen and oxygen atoms in total. The van der Waals surface area contributed by atoms with E-state index in [1.54, 1.807) is 7.11 Å².